The van der Waals surface area contributed by atoms with Crippen molar-refractivity contribution in [2.75, 3.05) is 0 Å². The third-order valence-corrected chi connectivity index (χ3v) is 0. The van der Waals surface area contributed by atoms with Crippen LogP contribution in [0, 0.1) is 0 Å². The SMILES string of the molecule is CC(=O)O.Cl.N.N.O=S(=O)(O)O.[H-].[Na+]. The molecule has 0 fully saturated rings. The van der Waals surface area contributed by atoms with Crippen LogP contribution in [0.2, 0.25) is 0 Å². The summed E-state index contributed by atoms with van der Waals surface area (Å²) >= 11 is 0. The fourth-order valence-corrected chi connectivity index (χ4v) is 0. The molecule has 13 heavy (non-hydrogen) atoms. The number of carboxylic acids is 1. The Balaban J connectivity index is -0.0000000104. The van der Waals surface area contributed by atoms with Crippen molar-refractivity contribution < 1.29 is 58.4 Å². The average molecular weight is 253 g/mol. The van der Waals surface area contributed by atoms with Crippen LogP contribution in [0.1, 0.15) is 8.35 Å². The van der Waals surface area contributed by atoms with E-state index in [1.807, 2.05) is 0 Å². The normalized spacial score (nSPS) is 6.38. The van der Waals surface area contributed by atoms with E-state index in [9.17, 15) is 0 Å². The van der Waals surface area contributed by atoms with Crippen molar-refractivity contribution in [2.45, 2.75) is 6.92 Å². The van der Waals surface area contributed by atoms with Gasteiger partial charge in [0.1, 0.15) is 0 Å². The molecule has 0 spiro atoms. The Morgan fingerprint density at radius 1 is 1.23 bits per heavy atom. The molecule has 11 heteroatoms. The van der Waals surface area contributed by atoms with Gasteiger partial charge >= 0.3 is 40.0 Å². The maximum Gasteiger partial charge on any atom is 1.00 e. The Morgan fingerprint density at radius 3 is 1.23 bits per heavy atom. The molecule has 0 aromatic rings. The topological polar surface area (TPSA) is 182 Å². The first-order chi connectivity index (χ1) is 3.73. The Hall–Kier alpha value is 0.550. The van der Waals surface area contributed by atoms with Crippen LogP contribution in [0.4, 0.5) is 0 Å². The average Bonchev–Trinajstić information content (AvgIpc) is 1.19. The van der Waals surface area contributed by atoms with Crippen LogP contribution < -0.4 is 41.9 Å². The smallest absolute Gasteiger partial charge is 1.00 e. The molecule has 0 aromatic carbocycles. The minimum Gasteiger partial charge on any atom is -1.00 e. The van der Waals surface area contributed by atoms with E-state index < -0.39 is 16.4 Å². The van der Waals surface area contributed by atoms with E-state index >= 15 is 0 Å². The van der Waals surface area contributed by atoms with Crippen molar-refractivity contribution in [1.29, 1.82) is 0 Å². The minimum absolute atomic E-state index is 0. The molecule has 0 saturated heterocycles. The van der Waals surface area contributed by atoms with Crippen molar-refractivity contribution >= 4 is 28.8 Å². The molecule has 0 aliphatic carbocycles. The van der Waals surface area contributed by atoms with E-state index in [1.54, 1.807) is 0 Å². The third-order valence-electron chi connectivity index (χ3n) is 0. The summed E-state index contributed by atoms with van der Waals surface area (Å²) in [6, 6.07) is 0. The van der Waals surface area contributed by atoms with E-state index in [2.05, 4.69) is 0 Å². The standard InChI is InChI=1S/C2H4O2.ClH.2H3N.Na.H2O4S.H/c1-2(3)4;;;;;1-5(2,3)4;/h1H3,(H,3,4);1H;2*1H3;;(H2,1,2,3,4);/q;;;;+1;;-1. The van der Waals surface area contributed by atoms with Gasteiger partial charge in [-0.3, -0.25) is 13.9 Å². The number of carboxylic acid groups (broad SMARTS) is 1. The largest absolute Gasteiger partial charge is 1.00 e. The summed E-state index contributed by atoms with van der Waals surface area (Å²) in [6.45, 7) is 1.08. The second kappa shape index (κ2) is 18.4. The van der Waals surface area contributed by atoms with Crippen LogP contribution in [-0.4, -0.2) is 28.6 Å². The van der Waals surface area contributed by atoms with Crippen molar-refractivity contribution in [3.05, 3.63) is 0 Å². The summed E-state index contributed by atoms with van der Waals surface area (Å²) < 4.78 is 31.6. The molecule has 0 bridgehead atoms. The molecule has 0 aliphatic rings. The fourth-order valence-electron chi connectivity index (χ4n) is 0. The van der Waals surface area contributed by atoms with Crippen LogP contribution in [0.5, 0.6) is 0 Å². The molecule has 0 amide bonds. The first kappa shape index (κ1) is 37.4. The summed E-state index contributed by atoms with van der Waals surface area (Å²) in [6.07, 6.45) is 0. The second-order valence-electron chi connectivity index (χ2n) is 0.967. The van der Waals surface area contributed by atoms with E-state index in [0.717, 1.165) is 6.92 Å². The van der Waals surface area contributed by atoms with Crippen LogP contribution in [0.25, 0.3) is 0 Å². The zero-order chi connectivity index (χ0) is 8.08. The molecule has 0 unspecified atom stereocenters. The Bertz CT molecular complexity index is 176. The van der Waals surface area contributed by atoms with Gasteiger partial charge in [0, 0.05) is 6.92 Å². The Kier molecular flexibility index (Phi) is 52.9. The van der Waals surface area contributed by atoms with Crippen LogP contribution >= 0.6 is 12.4 Å². The predicted octanol–water partition coefficient (Wildman–Crippen LogP) is -2.70. The number of hydrogen-bond acceptors (Lipinski definition) is 5. The molecule has 9 N–H and O–H groups in total. The number of halogens is 1. The van der Waals surface area contributed by atoms with E-state index in [-0.39, 0.29) is 55.7 Å². The number of rotatable bonds is 0. The van der Waals surface area contributed by atoms with Gasteiger partial charge in [-0.2, -0.15) is 8.42 Å². The Labute approximate surface area is 106 Å². The van der Waals surface area contributed by atoms with Gasteiger partial charge < -0.3 is 18.8 Å². The zero-order valence-corrected chi connectivity index (χ0v) is 10.9. The first-order valence-corrected chi connectivity index (χ1v) is 3.02. The molecule has 0 aromatic heterocycles. The molecule has 82 valence electrons. The predicted molar refractivity (Wildman–Crippen MR) is 45.9 cm³/mol. The monoisotopic (exact) mass is 252 g/mol. The van der Waals surface area contributed by atoms with Gasteiger partial charge in [0.2, 0.25) is 0 Å². The molecule has 0 aliphatic heterocycles. The fraction of sp³-hybridized carbons (Fsp3) is 0.500. The molecule has 0 atom stereocenters. The Morgan fingerprint density at radius 2 is 1.23 bits per heavy atom. The van der Waals surface area contributed by atoms with Crippen LogP contribution in [-0.2, 0) is 15.2 Å². The molecule has 0 rings (SSSR count). The van der Waals surface area contributed by atoms with E-state index in [4.69, 9.17) is 27.4 Å². The molecule has 0 heterocycles. The van der Waals surface area contributed by atoms with Gasteiger partial charge in [0.15, 0.2) is 0 Å². The second-order valence-corrected chi connectivity index (χ2v) is 1.86. The maximum absolute atomic E-state index is 9.00. The summed E-state index contributed by atoms with van der Waals surface area (Å²) in [4.78, 5) is 9.00. The van der Waals surface area contributed by atoms with Crippen molar-refractivity contribution in [1.82, 2.24) is 12.3 Å². The number of aliphatic carboxylic acids is 1. The first-order valence-electron chi connectivity index (χ1n) is 1.63. The van der Waals surface area contributed by atoms with Crippen LogP contribution in [0.3, 0.4) is 0 Å². The van der Waals surface area contributed by atoms with Gasteiger partial charge in [0.25, 0.3) is 5.97 Å². The van der Waals surface area contributed by atoms with Gasteiger partial charge in [-0.25, -0.2) is 0 Å². The zero-order valence-electron chi connectivity index (χ0n) is 8.30. The van der Waals surface area contributed by atoms with Crippen LogP contribution in [0.15, 0.2) is 0 Å². The maximum atomic E-state index is 9.00. The van der Waals surface area contributed by atoms with Crippen molar-refractivity contribution in [2.24, 2.45) is 0 Å². The van der Waals surface area contributed by atoms with Gasteiger partial charge in [-0.15, -0.1) is 12.4 Å². The number of carbonyl (C=O) groups is 1. The summed E-state index contributed by atoms with van der Waals surface area (Å²) in [5, 5.41) is 7.42. The van der Waals surface area contributed by atoms with Crippen molar-refractivity contribution in [3.63, 3.8) is 0 Å². The molecule has 8 nitrogen and oxygen atoms in total. The van der Waals surface area contributed by atoms with Gasteiger partial charge in [0.05, 0.1) is 0 Å². The molecule has 0 radical (unpaired) electrons. The van der Waals surface area contributed by atoms with E-state index in [0.29, 0.717) is 0 Å². The summed E-state index contributed by atoms with van der Waals surface area (Å²) in [5.41, 5.74) is 0. The third kappa shape index (κ3) is 4620. The summed E-state index contributed by atoms with van der Waals surface area (Å²) in [5.74, 6) is -0.833. The van der Waals surface area contributed by atoms with E-state index in [1.165, 1.54) is 0 Å². The minimum atomic E-state index is -4.67. The molecular weight excluding hydrogens is 239 g/mol. The van der Waals surface area contributed by atoms with Crippen molar-refractivity contribution in [3.8, 4) is 0 Å². The quantitative estimate of drug-likeness (QED) is 0.228. The van der Waals surface area contributed by atoms with Gasteiger partial charge in [-0.1, -0.05) is 0 Å². The number of hydrogen-bond donors (Lipinski definition) is 5. The molecule has 0 saturated carbocycles. The molecular formula is C2H14ClN2NaO6S. The summed E-state index contributed by atoms with van der Waals surface area (Å²) in [7, 11) is -4.67. The van der Waals surface area contributed by atoms with Gasteiger partial charge in [-0.05, 0) is 0 Å².